The molecule has 2 aromatic carbocycles. The van der Waals surface area contributed by atoms with E-state index in [0.717, 1.165) is 11.1 Å². The lowest BCUT2D eigenvalue weighted by Crippen LogP contribution is -2.05. The van der Waals surface area contributed by atoms with Gasteiger partial charge in [0.15, 0.2) is 0 Å². The van der Waals surface area contributed by atoms with Gasteiger partial charge in [0, 0.05) is 16.0 Å². The summed E-state index contributed by atoms with van der Waals surface area (Å²) in [5.74, 6) is -1.25. The van der Waals surface area contributed by atoms with E-state index in [0.29, 0.717) is 16.0 Å². The van der Waals surface area contributed by atoms with Gasteiger partial charge in [-0.2, -0.15) is 0 Å². The van der Waals surface area contributed by atoms with Crippen LogP contribution in [0.4, 0.5) is 14.5 Å². The van der Waals surface area contributed by atoms with Gasteiger partial charge < -0.3 is 5.32 Å². The molecule has 0 radical (unpaired) electrons. The molecule has 19 heavy (non-hydrogen) atoms. The molecule has 0 fully saturated rings. The fourth-order valence-electron chi connectivity index (χ4n) is 1.75. The molecule has 1 nitrogen and oxygen atoms in total. The minimum absolute atomic E-state index is 0.127. The van der Waals surface area contributed by atoms with Crippen molar-refractivity contribution in [3.63, 3.8) is 0 Å². The molecule has 0 saturated heterocycles. The summed E-state index contributed by atoms with van der Waals surface area (Å²) in [6.07, 6.45) is 0. The molecule has 0 atom stereocenters. The summed E-state index contributed by atoms with van der Waals surface area (Å²) < 4.78 is 27.6. The van der Waals surface area contributed by atoms with Gasteiger partial charge in [-0.1, -0.05) is 33.6 Å². The van der Waals surface area contributed by atoms with E-state index >= 15 is 0 Å². The van der Waals surface area contributed by atoms with Gasteiger partial charge in [0.25, 0.3) is 0 Å². The van der Waals surface area contributed by atoms with Crippen molar-refractivity contribution in [2.24, 2.45) is 0 Å². The number of rotatable bonds is 3. The standard InChI is InChI=1S/C14H11BrClF2N/c1-8-4-11(16)3-2-9(8)7-19-14-12(17)5-10(15)6-13(14)18/h2-6,19H,7H2,1H3. The zero-order valence-electron chi connectivity index (χ0n) is 10.1. The number of hydrogen-bond donors (Lipinski definition) is 1. The van der Waals surface area contributed by atoms with Gasteiger partial charge in [0.1, 0.15) is 17.3 Å². The molecule has 0 aliphatic rings. The lowest BCUT2D eigenvalue weighted by molar-refractivity contribution is 0.586. The van der Waals surface area contributed by atoms with Crippen molar-refractivity contribution < 1.29 is 8.78 Å². The van der Waals surface area contributed by atoms with Crippen molar-refractivity contribution in [3.8, 4) is 0 Å². The Morgan fingerprint density at radius 1 is 1.16 bits per heavy atom. The minimum atomic E-state index is -0.626. The van der Waals surface area contributed by atoms with E-state index in [9.17, 15) is 8.78 Å². The van der Waals surface area contributed by atoms with Crippen molar-refractivity contribution >= 4 is 33.2 Å². The van der Waals surface area contributed by atoms with Crippen LogP contribution in [-0.4, -0.2) is 0 Å². The second-order valence-electron chi connectivity index (χ2n) is 4.17. The zero-order valence-corrected chi connectivity index (χ0v) is 12.4. The Hall–Kier alpha value is -1.13. The second-order valence-corrected chi connectivity index (χ2v) is 5.52. The first-order chi connectivity index (χ1) is 8.97. The SMILES string of the molecule is Cc1cc(Cl)ccc1CNc1c(F)cc(Br)cc1F. The van der Waals surface area contributed by atoms with Gasteiger partial charge >= 0.3 is 0 Å². The zero-order chi connectivity index (χ0) is 14.0. The summed E-state index contributed by atoms with van der Waals surface area (Å²) in [7, 11) is 0. The molecule has 0 aliphatic heterocycles. The second kappa shape index (κ2) is 5.88. The number of anilines is 1. The summed E-state index contributed by atoms with van der Waals surface area (Å²) in [5, 5.41) is 3.41. The average molecular weight is 347 g/mol. The quantitative estimate of drug-likeness (QED) is 0.795. The fraction of sp³-hybridized carbons (Fsp3) is 0.143. The van der Waals surface area contributed by atoms with Crippen LogP contribution in [0, 0.1) is 18.6 Å². The molecule has 0 amide bonds. The highest BCUT2D eigenvalue weighted by Crippen LogP contribution is 2.25. The van der Waals surface area contributed by atoms with E-state index in [2.05, 4.69) is 21.2 Å². The van der Waals surface area contributed by atoms with E-state index in [4.69, 9.17) is 11.6 Å². The molecule has 0 aliphatic carbocycles. The highest BCUT2D eigenvalue weighted by Gasteiger charge is 2.10. The first-order valence-corrected chi connectivity index (χ1v) is 6.78. The van der Waals surface area contributed by atoms with Crippen LogP contribution in [0.1, 0.15) is 11.1 Å². The molecule has 0 unspecified atom stereocenters. The number of hydrogen-bond acceptors (Lipinski definition) is 1. The van der Waals surface area contributed by atoms with E-state index in [1.807, 2.05) is 19.1 Å². The number of benzene rings is 2. The molecule has 0 bridgehead atoms. The molecule has 0 spiro atoms. The van der Waals surface area contributed by atoms with Crippen LogP contribution in [0.5, 0.6) is 0 Å². The molecule has 2 rings (SSSR count). The Labute approximate surface area is 123 Å². The maximum atomic E-state index is 13.6. The lowest BCUT2D eigenvalue weighted by atomic mass is 10.1. The smallest absolute Gasteiger partial charge is 0.150 e. The van der Waals surface area contributed by atoms with Crippen molar-refractivity contribution in [2.45, 2.75) is 13.5 Å². The molecule has 0 heterocycles. The average Bonchev–Trinajstić information content (AvgIpc) is 2.30. The van der Waals surface area contributed by atoms with Crippen LogP contribution in [0.25, 0.3) is 0 Å². The van der Waals surface area contributed by atoms with E-state index < -0.39 is 11.6 Å². The van der Waals surface area contributed by atoms with Crippen LogP contribution < -0.4 is 5.32 Å². The fourth-order valence-corrected chi connectivity index (χ4v) is 2.38. The first-order valence-electron chi connectivity index (χ1n) is 5.61. The predicted octanol–water partition coefficient (Wildman–Crippen LogP) is 5.30. The van der Waals surface area contributed by atoms with E-state index in [1.165, 1.54) is 12.1 Å². The van der Waals surface area contributed by atoms with Crippen molar-refractivity contribution in [1.29, 1.82) is 0 Å². The Balaban J connectivity index is 2.19. The van der Waals surface area contributed by atoms with Gasteiger partial charge in [-0.3, -0.25) is 0 Å². The highest BCUT2D eigenvalue weighted by atomic mass is 79.9. The van der Waals surface area contributed by atoms with Gasteiger partial charge in [0.2, 0.25) is 0 Å². The monoisotopic (exact) mass is 345 g/mol. The van der Waals surface area contributed by atoms with Crippen LogP contribution in [0.2, 0.25) is 5.02 Å². The summed E-state index contributed by atoms with van der Waals surface area (Å²) in [4.78, 5) is 0. The maximum Gasteiger partial charge on any atom is 0.150 e. The summed E-state index contributed by atoms with van der Waals surface area (Å²) in [6.45, 7) is 2.23. The minimum Gasteiger partial charge on any atom is -0.376 e. The van der Waals surface area contributed by atoms with Crippen molar-refractivity contribution in [3.05, 3.63) is 62.6 Å². The lowest BCUT2D eigenvalue weighted by Gasteiger charge is -2.11. The Morgan fingerprint density at radius 3 is 2.37 bits per heavy atom. The van der Waals surface area contributed by atoms with Crippen LogP contribution >= 0.6 is 27.5 Å². The number of nitrogens with one attached hydrogen (secondary N) is 1. The third kappa shape index (κ3) is 3.45. The third-order valence-electron chi connectivity index (χ3n) is 2.77. The molecule has 100 valence electrons. The van der Waals surface area contributed by atoms with Gasteiger partial charge in [-0.15, -0.1) is 0 Å². The van der Waals surface area contributed by atoms with E-state index in [1.54, 1.807) is 6.07 Å². The van der Waals surface area contributed by atoms with Gasteiger partial charge in [-0.05, 0) is 42.3 Å². The maximum absolute atomic E-state index is 13.6. The molecule has 2 aromatic rings. The topological polar surface area (TPSA) is 12.0 Å². The molecule has 5 heteroatoms. The Morgan fingerprint density at radius 2 is 1.79 bits per heavy atom. The van der Waals surface area contributed by atoms with Crippen LogP contribution in [0.3, 0.4) is 0 Å². The number of aryl methyl sites for hydroxylation is 1. The molecular weight excluding hydrogens is 336 g/mol. The largest absolute Gasteiger partial charge is 0.376 e. The predicted molar refractivity (Wildman–Crippen MR) is 77.6 cm³/mol. The van der Waals surface area contributed by atoms with Crippen molar-refractivity contribution in [1.82, 2.24) is 0 Å². The molecule has 0 saturated carbocycles. The Bertz CT molecular complexity index is 593. The van der Waals surface area contributed by atoms with Crippen LogP contribution in [-0.2, 0) is 6.54 Å². The van der Waals surface area contributed by atoms with Crippen molar-refractivity contribution in [2.75, 3.05) is 5.32 Å². The summed E-state index contributed by atoms with van der Waals surface area (Å²) >= 11 is 8.90. The number of halogens is 4. The van der Waals surface area contributed by atoms with E-state index in [-0.39, 0.29) is 5.69 Å². The Kier molecular flexibility index (Phi) is 4.42. The molecule has 0 aromatic heterocycles. The van der Waals surface area contributed by atoms with Crippen LogP contribution in [0.15, 0.2) is 34.8 Å². The third-order valence-corrected chi connectivity index (χ3v) is 3.46. The first kappa shape index (κ1) is 14.3. The summed E-state index contributed by atoms with van der Waals surface area (Å²) in [6, 6.07) is 7.84. The molecular formula is C14H11BrClF2N. The highest BCUT2D eigenvalue weighted by molar-refractivity contribution is 9.10. The normalized spacial score (nSPS) is 10.6. The summed E-state index contributed by atoms with van der Waals surface area (Å²) in [5.41, 5.74) is 1.78. The van der Waals surface area contributed by atoms with Gasteiger partial charge in [0.05, 0.1) is 0 Å². The van der Waals surface area contributed by atoms with Gasteiger partial charge in [-0.25, -0.2) is 8.78 Å². The molecule has 1 N–H and O–H groups in total.